The van der Waals surface area contributed by atoms with Gasteiger partial charge in [0, 0.05) is 4.43 Å². The van der Waals surface area contributed by atoms with E-state index in [1.807, 2.05) is 0 Å². The molecular formula is C5H9F6ISb-. The van der Waals surface area contributed by atoms with Gasteiger partial charge in [-0.05, 0) is 13.8 Å². The summed E-state index contributed by atoms with van der Waals surface area (Å²) in [6.07, 6.45) is 2.19. The Bertz CT molecular complexity index is 172. The molecule has 0 saturated carbocycles. The maximum atomic E-state index is 9.93. The Morgan fingerprint density at radius 1 is 1.08 bits per heavy atom. The molecule has 0 nitrogen and oxygen atoms in total. The van der Waals surface area contributed by atoms with Crippen molar-refractivity contribution in [2.24, 2.45) is 0 Å². The average Bonchev–Trinajstić information content (AvgIpc) is 1.53. The van der Waals surface area contributed by atoms with Crippen molar-refractivity contribution in [3.8, 4) is 0 Å². The van der Waals surface area contributed by atoms with Gasteiger partial charge in [0.2, 0.25) is 0 Å². The monoisotopic (exact) mass is 431 g/mol. The summed E-state index contributed by atoms with van der Waals surface area (Å²) in [6, 6.07) is 0. The molecule has 0 radical (unpaired) electrons. The molecule has 0 aromatic rings. The topological polar surface area (TPSA) is 0 Å². The minimum absolute atomic E-state index is 1.14. The molecule has 0 rings (SSSR count). The predicted octanol–water partition coefficient (Wildman–Crippen LogP) is 4.53. The molecule has 0 aromatic heterocycles. The molecule has 84 valence electrons. The summed E-state index contributed by atoms with van der Waals surface area (Å²) < 4.78 is 60.7. The Balaban J connectivity index is 0. The molecule has 0 aliphatic heterocycles. The first kappa shape index (κ1) is 16.3. The number of allylic oxidation sites excluding steroid dienone is 2. The molecule has 0 aliphatic carbocycles. The van der Waals surface area contributed by atoms with Crippen LogP contribution in [0.3, 0.4) is 0 Å². The van der Waals surface area contributed by atoms with Crippen LogP contribution < -0.4 is 0 Å². The second-order valence-corrected chi connectivity index (χ2v) is 8.75. The summed E-state index contributed by atoms with van der Waals surface area (Å²) in [5.41, 5.74) is 1.41. The summed E-state index contributed by atoms with van der Waals surface area (Å²) in [5.74, 6) is 0. The molecule has 13 heavy (non-hydrogen) atoms. The van der Waals surface area contributed by atoms with E-state index >= 15 is 0 Å². The van der Waals surface area contributed by atoms with Crippen molar-refractivity contribution in [2.45, 2.75) is 13.8 Å². The molecule has 0 heterocycles. The van der Waals surface area contributed by atoms with Gasteiger partial charge in [-0.15, -0.1) is 0 Å². The number of rotatable bonds is 1. The zero-order chi connectivity index (χ0) is 11.4. The van der Waals surface area contributed by atoms with Crippen LogP contribution in [0.25, 0.3) is 0 Å². The first-order valence-electron chi connectivity index (χ1n) is 2.98. The first-order chi connectivity index (χ1) is 5.22. The Morgan fingerprint density at radius 3 is 1.31 bits per heavy atom. The molecule has 0 amide bonds. The van der Waals surface area contributed by atoms with E-state index < -0.39 is 19.5 Å². The summed E-state index contributed by atoms with van der Waals surface area (Å²) in [7, 11) is 0. The quantitative estimate of drug-likeness (QED) is 0.188. The van der Waals surface area contributed by atoms with E-state index in [2.05, 4.69) is 42.5 Å². The van der Waals surface area contributed by atoms with Crippen molar-refractivity contribution in [3.05, 3.63) is 11.6 Å². The van der Waals surface area contributed by atoms with Gasteiger partial charge in [-0.25, -0.2) is 0 Å². The Kier molecular flexibility index (Phi) is 5.22. The SMILES string of the molecule is CC(C)=CCI.[F][Sb-]([F])([F])([F])([F])[F]. The Morgan fingerprint density at radius 2 is 1.31 bits per heavy atom. The number of alkyl halides is 1. The van der Waals surface area contributed by atoms with Crippen LogP contribution in [0.4, 0.5) is 16.9 Å². The molecule has 8 heteroatoms. The van der Waals surface area contributed by atoms with Gasteiger partial charge in [0.1, 0.15) is 0 Å². The molecule has 0 N–H and O–H groups in total. The molecule has 0 spiro atoms. The molecule has 0 aliphatic rings. The van der Waals surface area contributed by atoms with Crippen molar-refractivity contribution >= 4 is 42.1 Å². The number of halogens is 7. The summed E-state index contributed by atoms with van der Waals surface area (Å²) in [5, 5.41) is 0. The predicted molar refractivity (Wildman–Crippen MR) is 50.7 cm³/mol. The van der Waals surface area contributed by atoms with Gasteiger partial charge in [0.15, 0.2) is 0 Å². The molecule has 0 atom stereocenters. The van der Waals surface area contributed by atoms with E-state index in [0.717, 1.165) is 4.43 Å². The van der Waals surface area contributed by atoms with Gasteiger partial charge in [0.05, 0.1) is 0 Å². The van der Waals surface area contributed by atoms with Crippen molar-refractivity contribution in [3.63, 3.8) is 0 Å². The third-order valence-electron chi connectivity index (χ3n) is 0.485. The van der Waals surface area contributed by atoms with Crippen LogP contribution in [0.5, 0.6) is 0 Å². The zero-order valence-electron chi connectivity index (χ0n) is 6.88. The van der Waals surface area contributed by atoms with Gasteiger partial charge in [-0.2, -0.15) is 0 Å². The van der Waals surface area contributed by atoms with E-state index in [1.54, 1.807) is 0 Å². The van der Waals surface area contributed by atoms with Crippen molar-refractivity contribution in [1.29, 1.82) is 0 Å². The van der Waals surface area contributed by atoms with Crippen LogP contribution in [0.2, 0.25) is 0 Å². The average molecular weight is 432 g/mol. The van der Waals surface area contributed by atoms with Crippen LogP contribution in [0, 0.1) is 0 Å². The second-order valence-electron chi connectivity index (χ2n) is 2.39. The summed E-state index contributed by atoms with van der Waals surface area (Å²) in [6.45, 7) is 4.22. The third kappa shape index (κ3) is 102. The van der Waals surface area contributed by atoms with Crippen LogP contribution >= 0.6 is 22.6 Å². The summed E-state index contributed by atoms with van der Waals surface area (Å²) >= 11 is -8.92. The fraction of sp³-hybridized carbons (Fsp3) is 0.600. The third-order valence-corrected chi connectivity index (χ3v) is 0.926. The zero-order valence-corrected chi connectivity index (χ0v) is 11.6. The molecular weight excluding hydrogens is 423 g/mol. The number of hydrogen-bond acceptors (Lipinski definition) is 0. The van der Waals surface area contributed by atoms with E-state index in [1.165, 1.54) is 5.57 Å². The Labute approximate surface area is 88.4 Å². The van der Waals surface area contributed by atoms with Gasteiger partial charge in [0.25, 0.3) is 0 Å². The van der Waals surface area contributed by atoms with Gasteiger partial charge in [-0.1, -0.05) is 34.2 Å². The number of hydrogen-bond donors (Lipinski definition) is 0. The van der Waals surface area contributed by atoms with E-state index in [0.29, 0.717) is 0 Å². The van der Waals surface area contributed by atoms with Crippen molar-refractivity contribution in [2.75, 3.05) is 4.43 Å². The molecule has 0 saturated heterocycles. The van der Waals surface area contributed by atoms with Crippen LogP contribution in [0.1, 0.15) is 13.8 Å². The van der Waals surface area contributed by atoms with E-state index in [4.69, 9.17) is 0 Å². The van der Waals surface area contributed by atoms with E-state index in [9.17, 15) is 16.9 Å². The molecule has 0 bridgehead atoms. The standard InChI is InChI=1S/C5H9I.6FH.Sb/c1-5(2)3-4-6;;;;;;;/h3H,4H2,1-2H3;6*1H;/q;;;;;;;+5/p-6. The van der Waals surface area contributed by atoms with Crippen LogP contribution in [0.15, 0.2) is 11.6 Å². The second kappa shape index (κ2) is 4.16. The first-order valence-corrected chi connectivity index (χ1v) is 10.3. The van der Waals surface area contributed by atoms with Gasteiger partial charge < -0.3 is 0 Å². The minimum atomic E-state index is -11.2. The maximum absolute atomic E-state index is 11.2. The Hall–Kier alpha value is 0.868. The van der Waals surface area contributed by atoms with Crippen molar-refractivity contribution in [1.82, 2.24) is 0 Å². The van der Waals surface area contributed by atoms with Gasteiger partial charge >= 0.3 is 36.4 Å². The molecule has 0 fully saturated rings. The van der Waals surface area contributed by atoms with Crippen LogP contribution in [-0.2, 0) is 0 Å². The fourth-order valence-electron chi connectivity index (χ4n) is 0.154. The van der Waals surface area contributed by atoms with Gasteiger partial charge in [-0.3, -0.25) is 0 Å². The van der Waals surface area contributed by atoms with Crippen molar-refractivity contribution < 1.29 is 16.9 Å². The molecule has 0 unspecified atom stereocenters. The van der Waals surface area contributed by atoms with Crippen LogP contribution in [-0.4, -0.2) is 23.9 Å². The fourth-order valence-corrected chi connectivity index (χ4v) is 1.04. The normalized spacial score (nSPS) is 16.1. The summed E-state index contributed by atoms with van der Waals surface area (Å²) in [4.78, 5) is 0. The molecule has 0 aromatic carbocycles. The van der Waals surface area contributed by atoms with E-state index in [-0.39, 0.29) is 0 Å².